The molecule has 0 spiro atoms. The molecule has 2 aromatic carbocycles. The van der Waals surface area contributed by atoms with Crippen molar-refractivity contribution in [1.82, 2.24) is 4.98 Å². The Morgan fingerprint density at radius 1 is 0.631 bits per heavy atom. The van der Waals surface area contributed by atoms with Gasteiger partial charge in [-0.3, -0.25) is 14.6 Å². The van der Waals surface area contributed by atoms with Crippen LogP contribution in [0, 0.1) is 17.8 Å². The molecule has 1 heterocycles. The Balaban J connectivity index is 1.05. The zero-order chi connectivity index (χ0) is 46.0. The van der Waals surface area contributed by atoms with Crippen molar-refractivity contribution < 1.29 is 38.1 Å². The van der Waals surface area contributed by atoms with Gasteiger partial charge < -0.3 is 23.7 Å². The van der Waals surface area contributed by atoms with E-state index in [0.29, 0.717) is 36.7 Å². The first-order chi connectivity index (χ1) is 32.0. The van der Waals surface area contributed by atoms with Crippen molar-refractivity contribution in [2.75, 3.05) is 26.4 Å². The average molecular weight is 892 g/mol. The van der Waals surface area contributed by atoms with Crippen LogP contribution in [0.2, 0.25) is 0 Å². The number of carbonyl (C=O) groups is 3. The van der Waals surface area contributed by atoms with Gasteiger partial charge in [-0.1, -0.05) is 134 Å². The largest absolute Gasteiger partial charge is 0.494 e. The highest BCUT2D eigenvalue weighted by Crippen LogP contribution is 2.33. The van der Waals surface area contributed by atoms with Crippen molar-refractivity contribution in [3.8, 4) is 29.1 Å². The van der Waals surface area contributed by atoms with Gasteiger partial charge in [0.15, 0.2) is 11.5 Å². The molecule has 1 fully saturated rings. The number of rotatable bonds is 33. The summed E-state index contributed by atoms with van der Waals surface area (Å²) in [5.74, 6) is 7.73. The maximum absolute atomic E-state index is 13.4. The maximum Gasteiger partial charge on any atom is 0.330 e. The molecule has 354 valence electrons. The Morgan fingerprint density at radius 3 is 1.85 bits per heavy atom. The van der Waals surface area contributed by atoms with Crippen molar-refractivity contribution in [2.24, 2.45) is 5.92 Å². The average Bonchev–Trinajstić information content (AvgIpc) is 3.32. The summed E-state index contributed by atoms with van der Waals surface area (Å²) in [4.78, 5) is 40.3. The van der Waals surface area contributed by atoms with Gasteiger partial charge in [-0.25, -0.2) is 4.79 Å². The number of ketones is 1. The van der Waals surface area contributed by atoms with Gasteiger partial charge in [0.05, 0.1) is 25.2 Å². The fraction of sp³-hybridized carbons (Fsp3) is 0.571. The molecule has 0 radical (unpaired) electrons. The van der Waals surface area contributed by atoms with Gasteiger partial charge in [0.2, 0.25) is 0 Å². The van der Waals surface area contributed by atoms with E-state index in [1.165, 1.54) is 95.6 Å². The van der Waals surface area contributed by atoms with Crippen LogP contribution >= 0.6 is 0 Å². The lowest BCUT2D eigenvalue weighted by Crippen LogP contribution is -2.24. The summed E-state index contributed by atoms with van der Waals surface area (Å²) in [6.07, 6.45) is 33.1. The molecule has 4 rings (SSSR count). The highest BCUT2D eigenvalue weighted by atomic mass is 16.5. The van der Waals surface area contributed by atoms with E-state index in [4.69, 9.17) is 23.7 Å². The third kappa shape index (κ3) is 22.7. The van der Waals surface area contributed by atoms with Crippen LogP contribution in [-0.2, 0) is 23.9 Å². The molecule has 0 saturated heterocycles. The zero-order valence-electron chi connectivity index (χ0n) is 39.3. The second kappa shape index (κ2) is 33.5. The molecule has 1 saturated carbocycles. The number of unbranched alkanes of at least 4 members (excludes halogenated alkanes) is 17. The number of aromatic nitrogens is 1. The number of allylic oxidation sites excluding steroid dienone is 1. The van der Waals surface area contributed by atoms with Gasteiger partial charge in [-0.2, -0.15) is 0 Å². The van der Waals surface area contributed by atoms with Crippen LogP contribution in [0.25, 0.3) is 10.9 Å². The van der Waals surface area contributed by atoms with Crippen LogP contribution in [0.15, 0.2) is 80.0 Å². The lowest BCUT2D eigenvalue weighted by Gasteiger charge is -2.24. The molecule has 9 nitrogen and oxygen atoms in total. The van der Waals surface area contributed by atoms with Gasteiger partial charge in [0.25, 0.3) is 0 Å². The number of pyridine rings is 1. The molecular formula is C56H77NO8. The van der Waals surface area contributed by atoms with Gasteiger partial charge in [0, 0.05) is 36.3 Å². The number of hydrogen-bond acceptors (Lipinski definition) is 9. The molecule has 1 aromatic heterocycles. The van der Waals surface area contributed by atoms with E-state index in [1.807, 2.05) is 42.5 Å². The molecule has 0 atom stereocenters. The van der Waals surface area contributed by atoms with E-state index in [-0.39, 0.29) is 36.4 Å². The first-order valence-electron chi connectivity index (χ1n) is 25.0. The summed E-state index contributed by atoms with van der Waals surface area (Å²) >= 11 is 0. The molecule has 0 amide bonds. The third-order valence-corrected chi connectivity index (χ3v) is 12.1. The predicted octanol–water partition coefficient (Wildman–Crippen LogP) is 13.6. The fourth-order valence-corrected chi connectivity index (χ4v) is 8.31. The number of hydrogen-bond donors (Lipinski definition) is 0. The lowest BCUT2D eigenvalue weighted by atomic mass is 9.90. The number of nitrogens with zero attached hydrogens (tertiary/aromatic N) is 1. The van der Waals surface area contributed by atoms with E-state index >= 15 is 0 Å². The molecule has 0 bridgehead atoms. The quantitative estimate of drug-likeness (QED) is 0.0194. The number of carbonyl (C=O) groups excluding carboxylic acids is 3. The van der Waals surface area contributed by atoms with E-state index in [0.717, 1.165) is 100 Å². The number of esters is 2. The Hall–Kier alpha value is -4.94. The molecule has 0 aliphatic heterocycles. The Morgan fingerprint density at radius 2 is 1.22 bits per heavy atom. The third-order valence-electron chi connectivity index (χ3n) is 12.1. The zero-order valence-corrected chi connectivity index (χ0v) is 39.3. The molecule has 9 heteroatoms. The van der Waals surface area contributed by atoms with Crippen molar-refractivity contribution in [2.45, 2.75) is 173 Å². The lowest BCUT2D eigenvalue weighted by molar-refractivity contribution is -0.140. The van der Waals surface area contributed by atoms with Crippen LogP contribution in [0.3, 0.4) is 0 Å². The molecule has 0 unspecified atom stereocenters. The second-order valence-corrected chi connectivity index (χ2v) is 17.4. The summed E-state index contributed by atoms with van der Waals surface area (Å²) in [6, 6.07) is 15.3. The predicted molar refractivity (Wildman–Crippen MR) is 261 cm³/mol. The molecule has 1 aliphatic carbocycles. The molecule has 0 N–H and O–H groups in total. The molecular weight excluding hydrogens is 815 g/mol. The van der Waals surface area contributed by atoms with Crippen molar-refractivity contribution in [1.29, 1.82) is 0 Å². The first-order valence-corrected chi connectivity index (χ1v) is 25.0. The topological polar surface area (TPSA) is 110 Å². The first kappa shape index (κ1) is 52.7. The highest BCUT2D eigenvalue weighted by Gasteiger charge is 2.25. The molecule has 1 aliphatic rings. The number of benzene rings is 2. The number of fused-ring (bicyclic) bond motifs is 1. The minimum Gasteiger partial charge on any atom is -0.494 e. The van der Waals surface area contributed by atoms with Gasteiger partial charge in [-0.05, 0) is 106 Å². The van der Waals surface area contributed by atoms with Crippen molar-refractivity contribution in [3.63, 3.8) is 0 Å². The van der Waals surface area contributed by atoms with Gasteiger partial charge in [0.1, 0.15) is 23.6 Å². The van der Waals surface area contributed by atoms with E-state index in [9.17, 15) is 14.4 Å². The van der Waals surface area contributed by atoms with Gasteiger partial charge in [-0.15, -0.1) is 0 Å². The normalized spacial score (nSPS) is 14.9. The van der Waals surface area contributed by atoms with E-state index in [2.05, 4.69) is 30.0 Å². The fourth-order valence-electron chi connectivity index (χ4n) is 8.31. The highest BCUT2D eigenvalue weighted by molar-refractivity contribution is 5.92. The standard InChI is InChI=1S/C56H77NO8/c1-3-48(58)31-20-16-12-8-5-6-9-13-18-22-43-62-50-37-35-46(36-38-50)28-27-45-63-52-39-40-53(55-51(52)34-26-41-57-55)65-56(60)47-29-24-32-49(33-25-30-47)61-42-21-17-14-10-7-11-15-19-23-44-64-54(59)4-2/h3-4,26,34-41,47,49H,1-2,5-25,29-33,42-45H2. The van der Waals surface area contributed by atoms with Crippen LogP contribution in [-0.4, -0.2) is 55.2 Å². The van der Waals surface area contributed by atoms with Crippen LogP contribution < -0.4 is 14.2 Å². The smallest absolute Gasteiger partial charge is 0.330 e. The van der Waals surface area contributed by atoms with Crippen molar-refractivity contribution in [3.05, 3.63) is 85.6 Å². The monoisotopic (exact) mass is 892 g/mol. The van der Waals surface area contributed by atoms with Crippen LogP contribution in [0.4, 0.5) is 0 Å². The summed E-state index contributed by atoms with van der Waals surface area (Å²) in [5, 5.41) is 0.776. The molecule has 3 aromatic rings. The molecule has 65 heavy (non-hydrogen) atoms. The summed E-state index contributed by atoms with van der Waals surface area (Å²) in [5.41, 5.74) is 1.49. The Labute approximate surface area is 390 Å². The SMILES string of the molecule is C=CC(=O)CCCCCCCCCCCCOc1ccc(C#CCOc2ccc(OC(=O)C3CCCC(OCCCCCCCCCCCOC(=O)C=C)CCC3)c3ncccc23)cc1. The van der Waals surface area contributed by atoms with Crippen LogP contribution in [0.1, 0.15) is 173 Å². The van der Waals surface area contributed by atoms with Gasteiger partial charge >= 0.3 is 11.9 Å². The summed E-state index contributed by atoms with van der Waals surface area (Å²) in [6.45, 7) is 9.16. The Bertz CT molecular complexity index is 1890. The van der Waals surface area contributed by atoms with E-state index in [1.54, 1.807) is 12.3 Å². The second-order valence-electron chi connectivity index (χ2n) is 17.4. The minimum absolute atomic E-state index is 0.142. The maximum atomic E-state index is 13.4. The van der Waals surface area contributed by atoms with Crippen LogP contribution in [0.5, 0.6) is 17.2 Å². The van der Waals surface area contributed by atoms with E-state index < -0.39 is 0 Å². The number of ether oxygens (including phenoxy) is 5. The van der Waals surface area contributed by atoms with Crippen molar-refractivity contribution >= 4 is 28.6 Å². The minimum atomic E-state index is -0.337. The Kier molecular flexibility index (Phi) is 27.2. The summed E-state index contributed by atoms with van der Waals surface area (Å²) < 4.78 is 29.4. The summed E-state index contributed by atoms with van der Waals surface area (Å²) in [7, 11) is 0.